The van der Waals surface area contributed by atoms with Crippen molar-refractivity contribution >= 4 is 6.29 Å². The maximum atomic E-state index is 10.8. The van der Waals surface area contributed by atoms with E-state index >= 15 is 0 Å². The fourth-order valence-electron chi connectivity index (χ4n) is 2.21. The molecule has 0 bridgehead atoms. The first-order valence-electron chi connectivity index (χ1n) is 6.01. The van der Waals surface area contributed by atoms with Crippen molar-refractivity contribution in [3.8, 4) is 17.0 Å². The van der Waals surface area contributed by atoms with Gasteiger partial charge in [-0.05, 0) is 50.1 Å². The number of aryl methyl sites for hydroxylation is 3. The van der Waals surface area contributed by atoms with E-state index in [-0.39, 0.29) is 5.82 Å². The summed E-state index contributed by atoms with van der Waals surface area (Å²) in [5, 5.41) is 0. The van der Waals surface area contributed by atoms with Gasteiger partial charge >= 0.3 is 0 Å². The van der Waals surface area contributed by atoms with Gasteiger partial charge < -0.3 is 4.74 Å². The number of aldehydes is 1. The molecule has 0 fully saturated rings. The average molecular weight is 256 g/mol. The van der Waals surface area contributed by atoms with Gasteiger partial charge in [-0.25, -0.2) is 9.97 Å². The third kappa shape index (κ3) is 2.62. The molecular weight excluding hydrogens is 240 g/mol. The highest BCUT2D eigenvalue weighted by Crippen LogP contribution is 2.29. The van der Waals surface area contributed by atoms with Gasteiger partial charge in [-0.15, -0.1) is 0 Å². The van der Waals surface area contributed by atoms with Crippen LogP contribution in [-0.2, 0) is 0 Å². The van der Waals surface area contributed by atoms with E-state index in [2.05, 4.69) is 9.97 Å². The molecule has 19 heavy (non-hydrogen) atoms. The lowest BCUT2D eigenvalue weighted by molar-refractivity contribution is 0.111. The summed E-state index contributed by atoms with van der Waals surface area (Å²) < 4.78 is 5.35. The first kappa shape index (κ1) is 13.2. The first-order chi connectivity index (χ1) is 9.05. The van der Waals surface area contributed by atoms with Gasteiger partial charge in [-0.3, -0.25) is 4.79 Å². The average Bonchev–Trinajstić information content (AvgIpc) is 2.37. The molecule has 2 aromatic rings. The van der Waals surface area contributed by atoms with Crippen LogP contribution < -0.4 is 4.74 Å². The number of benzene rings is 1. The zero-order valence-corrected chi connectivity index (χ0v) is 11.5. The normalized spacial score (nSPS) is 10.3. The summed E-state index contributed by atoms with van der Waals surface area (Å²) in [6.07, 6.45) is 0.666. The number of hydrogen-bond acceptors (Lipinski definition) is 4. The summed E-state index contributed by atoms with van der Waals surface area (Å²) in [5.74, 6) is 1.09. The van der Waals surface area contributed by atoms with Gasteiger partial charge in [-0.1, -0.05) is 0 Å². The molecule has 0 aliphatic rings. The number of carbonyl (C=O) groups is 1. The van der Waals surface area contributed by atoms with Crippen LogP contribution in [-0.4, -0.2) is 23.4 Å². The van der Waals surface area contributed by atoms with Gasteiger partial charge in [0, 0.05) is 11.3 Å². The smallest absolute Gasteiger partial charge is 0.193 e. The molecule has 1 aromatic carbocycles. The minimum Gasteiger partial charge on any atom is -0.496 e. The standard InChI is InChI=1S/C15H16N2O2/c1-9-5-12(6-10(2)15(9)19-4)13-7-11(3)16-14(8-18)17-13/h5-8H,1-4H3. The predicted octanol–water partition coefficient (Wildman–Crippen LogP) is 2.89. The quantitative estimate of drug-likeness (QED) is 0.792. The second kappa shape index (κ2) is 5.18. The second-order valence-corrected chi connectivity index (χ2v) is 4.51. The zero-order valence-electron chi connectivity index (χ0n) is 11.5. The molecule has 1 heterocycles. The van der Waals surface area contributed by atoms with Gasteiger partial charge in [0.1, 0.15) is 5.75 Å². The lowest BCUT2D eigenvalue weighted by Crippen LogP contribution is -1.98. The Balaban J connectivity index is 2.59. The molecule has 0 amide bonds. The lowest BCUT2D eigenvalue weighted by atomic mass is 10.0. The first-order valence-corrected chi connectivity index (χ1v) is 6.01. The lowest BCUT2D eigenvalue weighted by Gasteiger charge is -2.11. The van der Waals surface area contributed by atoms with E-state index in [0.29, 0.717) is 6.29 Å². The summed E-state index contributed by atoms with van der Waals surface area (Å²) in [4.78, 5) is 19.1. The van der Waals surface area contributed by atoms with Crippen LogP contribution in [0.5, 0.6) is 5.75 Å². The van der Waals surface area contributed by atoms with E-state index < -0.39 is 0 Å². The van der Waals surface area contributed by atoms with Crippen LogP contribution in [0.25, 0.3) is 11.3 Å². The van der Waals surface area contributed by atoms with Crippen LogP contribution in [0.2, 0.25) is 0 Å². The molecule has 1 aromatic heterocycles. The van der Waals surface area contributed by atoms with Crippen LogP contribution in [0.15, 0.2) is 18.2 Å². The largest absolute Gasteiger partial charge is 0.496 e. The van der Waals surface area contributed by atoms with E-state index in [1.165, 1.54) is 0 Å². The molecular formula is C15H16N2O2. The summed E-state index contributed by atoms with van der Waals surface area (Å²) in [6, 6.07) is 5.87. The van der Waals surface area contributed by atoms with Crippen molar-refractivity contribution in [1.29, 1.82) is 0 Å². The van der Waals surface area contributed by atoms with Crippen molar-refractivity contribution in [3.05, 3.63) is 40.8 Å². The Morgan fingerprint density at radius 2 is 1.68 bits per heavy atom. The minimum atomic E-state index is 0.209. The number of nitrogens with zero attached hydrogens (tertiary/aromatic N) is 2. The summed E-state index contributed by atoms with van der Waals surface area (Å²) in [5.41, 5.74) is 4.58. The van der Waals surface area contributed by atoms with Crippen molar-refractivity contribution in [2.75, 3.05) is 7.11 Å². The van der Waals surface area contributed by atoms with E-state index in [0.717, 1.165) is 33.8 Å². The van der Waals surface area contributed by atoms with Crippen molar-refractivity contribution in [3.63, 3.8) is 0 Å². The van der Waals surface area contributed by atoms with Crippen molar-refractivity contribution in [1.82, 2.24) is 9.97 Å². The topological polar surface area (TPSA) is 52.1 Å². The van der Waals surface area contributed by atoms with Crippen LogP contribution in [0, 0.1) is 20.8 Å². The summed E-state index contributed by atoms with van der Waals surface area (Å²) in [6.45, 7) is 5.83. The molecule has 98 valence electrons. The Labute approximate surface area is 112 Å². The molecule has 0 saturated carbocycles. The Morgan fingerprint density at radius 3 is 2.21 bits per heavy atom. The fraction of sp³-hybridized carbons (Fsp3) is 0.267. The number of hydrogen-bond donors (Lipinski definition) is 0. The molecule has 4 heteroatoms. The number of methoxy groups -OCH3 is 1. The zero-order chi connectivity index (χ0) is 14.0. The van der Waals surface area contributed by atoms with Crippen LogP contribution in [0.3, 0.4) is 0 Å². The number of carbonyl (C=O) groups excluding carboxylic acids is 1. The highest BCUT2D eigenvalue weighted by atomic mass is 16.5. The second-order valence-electron chi connectivity index (χ2n) is 4.51. The van der Waals surface area contributed by atoms with Gasteiger partial charge in [0.15, 0.2) is 12.1 Å². The van der Waals surface area contributed by atoms with E-state index in [4.69, 9.17) is 4.74 Å². The van der Waals surface area contributed by atoms with Gasteiger partial charge in [-0.2, -0.15) is 0 Å². The summed E-state index contributed by atoms with van der Waals surface area (Å²) in [7, 11) is 1.66. The van der Waals surface area contributed by atoms with Gasteiger partial charge in [0.05, 0.1) is 12.8 Å². The molecule has 0 aliphatic carbocycles. The summed E-state index contributed by atoms with van der Waals surface area (Å²) >= 11 is 0. The molecule has 0 saturated heterocycles. The molecule has 0 unspecified atom stereocenters. The van der Waals surface area contributed by atoms with Crippen LogP contribution in [0.4, 0.5) is 0 Å². The fourth-order valence-corrected chi connectivity index (χ4v) is 2.21. The number of rotatable bonds is 3. The Morgan fingerprint density at radius 1 is 1.05 bits per heavy atom. The number of ether oxygens (including phenoxy) is 1. The molecule has 0 N–H and O–H groups in total. The highest BCUT2D eigenvalue weighted by Gasteiger charge is 2.09. The molecule has 2 rings (SSSR count). The van der Waals surface area contributed by atoms with E-state index in [1.54, 1.807) is 7.11 Å². The predicted molar refractivity (Wildman–Crippen MR) is 73.6 cm³/mol. The van der Waals surface area contributed by atoms with Gasteiger partial charge in [0.2, 0.25) is 0 Å². The molecule has 0 radical (unpaired) electrons. The van der Waals surface area contributed by atoms with Crippen LogP contribution >= 0.6 is 0 Å². The van der Waals surface area contributed by atoms with Crippen molar-refractivity contribution < 1.29 is 9.53 Å². The molecule has 0 spiro atoms. The highest BCUT2D eigenvalue weighted by molar-refractivity contribution is 5.72. The Bertz CT molecular complexity index is 613. The Kier molecular flexibility index (Phi) is 3.60. The van der Waals surface area contributed by atoms with E-state index in [9.17, 15) is 4.79 Å². The van der Waals surface area contributed by atoms with Crippen LogP contribution in [0.1, 0.15) is 27.4 Å². The third-order valence-electron chi connectivity index (χ3n) is 2.94. The maximum Gasteiger partial charge on any atom is 0.193 e. The number of aromatic nitrogens is 2. The van der Waals surface area contributed by atoms with Crippen molar-refractivity contribution in [2.24, 2.45) is 0 Å². The molecule has 0 aliphatic heterocycles. The van der Waals surface area contributed by atoms with E-state index in [1.807, 2.05) is 39.0 Å². The SMILES string of the molecule is COc1c(C)cc(-c2cc(C)nc(C=O)n2)cc1C. The Hall–Kier alpha value is -2.23. The molecule has 0 atom stereocenters. The third-order valence-corrected chi connectivity index (χ3v) is 2.94. The molecule has 4 nitrogen and oxygen atoms in total. The van der Waals surface area contributed by atoms with Gasteiger partial charge in [0.25, 0.3) is 0 Å². The van der Waals surface area contributed by atoms with Crippen molar-refractivity contribution in [2.45, 2.75) is 20.8 Å². The minimum absolute atomic E-state index is 0.209. The monoisotopic (exact) mass is 256 g/mol. The maximum absolute atomic E-state index is 10.8.